The van der Waals surface area contributed by atoms with Gasteiger partial charge in [-0.15, -0.1) is 0 Å². The minimum atomic E-state index is -1.17. The normalized spacial score (nSPS) is 10.2. The van der Waals surface area contributed by atoms with Crippen molar-refractivity contribution < 1.29 is 13.2 Å². The topological polar surface area (TPSA) is 27.0 Å². The summed E-state index contributed by atoms with van der Waals surface area (Å²) in [6.45, 7) is 0.222. The second-order valence-electron chi connectivity index (χ2n) is 4.36. The summed E-state index contributed by atoms with van der Waals surface area (Å²) in [5, 5.41) is 8.63. The first-order chi connectivity index (χ1) is 9.52. The van der Waals surface area contributed by atoms with Crippen molar-refractivity contribution in [2.75, 3.05) is 11.9 Å². The summed E-state index contributed by atoms with van der Waals surface area (Å²) in [6, 6.07) is 10.0. The van der Waals surface area contributed by atoms with E-state index in [0.29, 0.717) is 5.56 Å². The number of hydrogen-bond acceptors (Lipinski definition) is 2. The van der Waals surface area contributed by atoms with Crippen molar-refractivity contribution in [3.8, 4) is 6.07 Å². The Hall–Kier alpha value is -2.48. The van der Waals surface area contributed by atoms with E-state index in [1.807, 2.05) is 0 Å². The monoisotopic (exact) mass is 276 g/mol. The maximum absolute atomic E-state index is 13.8. The van der Waals surface area contributed by atoms with Crippen LogP contribution in [-0.4, -0.2) is 7.05 Å². The molecule has 0 unspecified atom stereocenters. The van der Waals surface area contributed by atoms with Gasteiger partial charge in [0.15, 0.2) is 11.6 Å². The number of halogens is 3. The molecule has 0 bridgehead atoms. The van der Waals surface area contributed by atoms with E-state index in [-0.39, 0.29) is 23.6 Å². The average Bonchev–Trinajstić information content (AvgIpc) is 2.41. The van der Waals surface area contributed by atoms with Crippen LogP contribution in [0.1, 0.15) is 11.1 Å². The fraction of sp³-hybridized carbons (Fsp3) is 0.133. The van der Waals surface area contributed by atoms with Crippen LogP contribution in [0.5, 0.6) is 0 Å². The predicted molar refractivity (Wildman–Crippen MR) is 69.6 cm³/mol. The summed E-state index contributed by atoms with van der Waals surface area (Å²) in [6.07, 6.45) is 0. The molecule has 0 fully saturated rings. The van der Waals surface area contributed by atoms with Gasteiger partial charge in [-0.05, 0) is 29.8 Å². The van der Waals surface area contributed by atoms with Crippen LogP contribution < -0.4 is 4.90 Å². The predicted octanol–water partition coefficient (Wildman–Crippen LogP) is 3.61. The molecule has 0 N–H and O–H groups in total. The quantitative estimate of drug-likeness (QED) is 0.856. The highest BCUT2D eigenvalue weighted by Gasteiger charge is 2.16. The largest absolute Gasteiger partial charge is 0.368 e. The zero-order chi connectivity index (χ0) is 14.7. The molecule has 0 amide bonds. The van der Waals surface area contributed by atoms with Crippen molar-refractivity contribution >= 4 is 5.69 Å². The molecule has 2 aromatic carbocycles. The molecule has 2 rings (SSSR count). The molecule has 0 heterocycles. The molecular formula is C15H11F3N2. The molecule has 0 aliphatic carbocycles. The zero-order valence-electron chi connectivity index (χ0n) is 10.7. The smallest absolute Gasteiger partial charge is 0.183 e. The van der Waals surface area contributed by atoms with Crippen molar-refractivity contribution in [1.29, 1.82) is 5.26 Å². The molecule has 0 radical (unpaired) electrons. The average molecular weight is 276 g/mol. The highest BCUT2D eigenvalue weighted by Crippen LogP contribution is 2.24. The van der Waals surface area contributed by atoms with Crippen LogP contribution in [0, 0.1) is 28.8 Å². The Balaban J connectivity index is 2.28. The van der Waals surface area contributed by atoms with E-state index in [2.05, 4.69) is 0 Å². The number of anilines is 1. The van der Waals surface area contributed by atoms with E-state index < -0.39 is 11.6 Å². The maximum atomic E-state index is 13.8. The van der Waals surface area contributed by atoms with Crippen LogP contribution in [0.3, 0.4) is 0 Å². The van der Waals surface area contributed by atoms with Crippen LogP contribution >= 0.6 is 0 Å². The van der Waals surface area contributed by atoms with Gasteiger partial charge in [0.2, 0.25) is 0 Å². The summed E-state index contributed by atoms with van der Waals surface area (Å²) in [5.74, 6) is -2.64. The fourth-order valence-corrected chi connectivity index (χ4v) is 1.91. The van der Waals surface area contributed by atoms with E-state index in [0.717, 1.165) is 0 Å². The number of hydrogen-bond donors (Lipinski definition) is 0. The molecule has 20 heavy (non-hydrogen) atoms. The maximum Gasteiger partial charge on any atom is 0.183 e. The van der Waals surface area contributed by atoms with Gasteiger partial charge in [-0.1, -0.05) is 12.1 Å². The molecule has 102 valence electrons. The summed E-state index contributed by atoms with van der Waals surface area (Å²) in [4.78, 5) is 1.45. The van der Waals surface area contributed by atoms with E-state index in [4.69, 9.17) is 5.26 Å². The van der Waals surface area contributed by atoms with Crippen molar-refractivity contribution in [3.05, 3.63) is 65.0 Å². The van der Waals surface area contributed by atoms with Gasteiger partial charge in [-0.2, -0.15) is 5.26 Å². The molecule has 5 heteroatoms. The van der Waals surface area contributed by atoms with Gasteiger partial charge in [0.05, 0.1) is 11.3 Å². The lowest BCUT2D eigenvalue weighted by molar-refractivity contribution is 0.505. The first-order valence-corrected chi connectivity index (χ1v) is 5.86. The van der Waals surface area contributed by atoms with Crippen LogP contribution in [0.2, 0.25) is 0 Å². The lowest BCUT2D eigenvalue weighted by Gasteiger charge is -2.20. The van der Waals surface area contributed by atoms with Crippen molar-refractivity contribution in [3.63, 3.8) is 0 Å². The van der Waals surface area contributed by atoms with Crippen LogP contribution in [0.25, 0.3) is 0 Å². The van der Waals surface area contributed by atoms with Gasteiger partial charge >= 0.3 is 0 Å². The molecule has 0 atom stereocenters. The van der Waals surface area contributed by atoms with Crippen molar-refractivity contribution in [2.24, 2.45) is 0 Å². The Morgan fingerprint density at radius 1 is 1.10 bits per heavy atom. The standard InChI is InChI=1S/C15H11F3N2/c1-20(9-10-3-2-4-12(16)7-10)13-6-5-11(8-19)14(17)15(13)18/h2-7H,9H2,1H3. The van der Waals surface area contributed by atoms with Crippen LogP contribution in [0.4, 0.5) is 18.9 Å². The van der Waals surface area contributed by atoms with Gasteiger partial charge in [0.1, 0.15) is 11.9 Å². The molecule has 0 aromatic heterocycles. The Morgan fingerprint density at radius 2 is 1.85 bits per heavy atom. The highest BCUT2D eigenvalue weighted by atomic mass is 19.2. The van der Waals surface area contributed by atoms with Gasteiger partial charge in [0.25, 0.3) is 0 Å². The number of benzene rings is 2. The number of nitrogens with zero attached hydrogens (tertiary/aromatic N) is 2. The molecule has 0 spiro atoms. The second-order valence-corrected chi connectivity index (χ2v) is 4.36. The van der Waals surface area contributed by atoms with Gasteiger partial charge in [0, 0.05) is 13.6 Å². The Morgan fingerprint density at radius 3 is 2.50 bits per heavy atom. The van der Waals surface area contributed by atoms with Gasteiger partial charge in [-0.25, -0.2) is 13.2 Å². The molecule has 2 nitrogen and oxygen atoms in total. The van der Waals surface area contributed by atoms with Crippen molar-refractivity contribution in [2.45, 2.75) is 6.54 Å². The molecule has 2 aromatic rings. The lowest BCUT2D eigenvalue weighted by Crippen LogP contribution is -2.18. The summed E-state index contributed by atoms with van der Waals surface area (Å²) < 4.78 is 40.5. The lowest BCUT2D eigenvalue weighted by atomic mass is 10.1. The fourth-order valence-electron chi connectivity index (χ4n) is 1.91. The third-order valence-electron chi connectivity index (χ3n) is 2.90. The minimum absolute atomic E-state index is 0.0192. The Labute approximate surface area is 114 Å². The number of rotatable bonds is 3. The summed E-state index contributed by atoms with van der Waals surface area (Å²) in [5.41, 5.74) is 0.313. The SMILES string of the molecule is CN(Cc1cccc(F)c1)c1ccc(C#N)c(F)c1F. The van der Waals surface area contributed by atoms with Gasteiger partial charge in [-0.3, -0.25) is 0 Å². The third-order valence-corrected chi connectivity index (χ3v) is 2.90. The summed E-state index contributed by atoms with van der Waals surface area (Å²) in [7, 11) is 1.56. The molecule has 0 aliphatic rings. The first-order valence-electron chi connectivity index (χ1n) is 5.86. The van der Waals surface area contributed by atoms with Crippen molar-refractivity contribution in [1.82, 2.24) is 0 Å². The Kier molecular flexibility index (Phi) is 3.94. The van der Waals surface area contributed by atoms with E-state index in [1.165, 1.54) is 29.2 Å². The van der Waals surface area contributed by atoms with Crippen LogP contribution in [0.15, 0.2) is 36.4 Å². The highest BCUT2D eigenvalue weighted by molar-refractivity contribution is 5.51. The molecular weight excluding hydrogens is 265 g/mol. The first kappa shape index (κ1) is 13.9. The zero-order valence-corrected chi connectivity index (χ0v) is 10.7. The van der Waals surface area contributed by atoms with Crippen LogP contribution in [-0.2, 0) is 6.54 Å². The second kappa shape index (κ2) is 5.66. The molecule has 0 saturated heterocycles. The summed E-state index contributed by atoms with van der Waals surface area (Å²) >= 11 is 0. The third kappa shape index (κ3) is 2.75. The van der Waals surface area contributed by atoms with E-state index in [9.17, 15) is 13.2 Å². The van der Waals surface area contributed by atoms with E-state index >= 15 is 0 Å². The minimum Gasteiger partial charge on any atom is -0.368 e. The van der Waals surface area contributed by atoms with Gasteiger partial charge < -0.3 is 4.90 Å². The number of nitriles is 1. The van der Waals surface area contributed by atoms with E-state index in [1.54, 1.807) is 25.2 Å². The Bertz CT molecular complexity index is 677. The molecule has 0 saturated carbocycles. The molecule has 0 aliphatic heterocycles.